The van der Waals surface area contributed by atoms with Crippen LogP contribution in [-0.2, 0) is 13.5 Å². The van der Waals surface area contributed by atoms with Gasteiger partial charge in [-0.1, -0.05) is 27.7 Å². The van der Waals surface area contributed by atoms with E-state index in [1.165, 1.54) is 12.1 Å². The molecule has 0 spiro atoms. The Balaban J connectivity index is 2.46. The molecule has 1 heterocycles. The Morgan fingerprint density at radius 1 is 1.39 bits per heavy atom. The zero-order valence-electron chi connectivity index (χ0n) is 12.8. The summed E-state index contributed by atoms with van der Waals surface area (Å²) in [4.78, 5) is 0. The fraction of sp³-hybridized carbons (Fsp3) is 0.800. The molecule has 2 N–H and O–H groups in total. The van der Waals surface area contributed by atoms with E-state index in [1.807, 2.05) is 18.7 Å². The van der Waals surface area contributed by atoms with Gasteiger partial charge < -0.3 is 5.73 Å². The van der Waals surface area contributed by atoms with Crippen molar-refractivity contribution in [2.75, 3.05) is 0 Å². The lowest BCUT2D eigenvalue weighted by Gasteiger charge is -2.25. The van der Waals surface area contributed by atoms with E-state index in [0.717, 1.165) is 18.5 Å². The summed E-state index contributed by atoms with van der Waals surface area (Å²) in [6.45, 7) is 11.2. The molecule has 18 heavy (non-hydrogen) atoms. The van der Waals surface area contributed by atoms with E-state index in [4.69, 9.17) is 5.73 Å². The van der Waals surface area contributed by atoms with Gasteiger partial charge in [0.1, 0.15) is 0 Å². The lowest BCUT2D eigenvalue weighted by Crippen LogP contribution is -2.27. The van der Waals surface area contributed by atoms with Crippen LogP contribution < -0.4 is 5.73 Å². The van der Waals surface area contributed by atoms with Crippen molar-refractivity contribution in [2.24, 2.45) is 24.1 Å². The maximum Gasteiger partial charge on any atom is 0.0596 e. The van der Waals surface area contributed by atoms with Crippen LogP contribution in [0.25, 0.3) is 0 Å². The Hall–Kier alpha value is -0.830. The predicted molar refractivity (Wildman–Crippen MR) is 77.5 cm³/mol. The number of aryl methyl sites for hydroxylation is 2. The summed E-state index contributed by atoms with van der Waals surface area (Å²) in [7, 11) is 1.99. The van der Waals surface area contributed by atoms with Gasteiger partial charge in [-0.2, -0.15) is 5.10 Å². The second-order valence-corrected chi connectivity index (χ2v) is 6.97. The van der Waals surface area contributed by atoms with Gasteiger partial charge in [-0.25, -0.2) is 0 Å². The van der Waals surface area contributed by atoms with Crippen molar-refractivity contribution < 1.29 is 0 Å². The van der Waals surface area contributed by atoms with Crippen molar-refractivity contribution in [3.8, 4) is 0 Å². The van der Waals surface area contributed by atoms with Gasteiger partial charge in [0.25, 0.3) is 0 Å². The van der Waals surface area contributed by atoms with Crippen LogP contribution in [0.3, 0.4) is 0 Å². The second kappa shape index (κ2) is 5.87. The maximum atomic E-state index is 6.26. The molecule has 0 aliphatic heterocycles. The Kier molecular flexibility index (Phi) is 4.97. The fourth-order valence-electron chi connectivity index (χ4n) is 2.85. The van der Waals surface area contributed by atoms with Gasteiger partial charge in [0.05, 0.1) is 5.69 Å². The number of hydrogen-bond acceptors (Lipinski definition) is 2. The van der Waals surface area contributed by atoms with Gasteiger partial charge in [0, 0.05) is 25.2 Å². The van der Waals surface area contributed by atoms with Gasteiger partial charge in [-0.15, -0.1) is 0 Å². The zero-order chi connectivity index (χ0) is 13.9. The number of nitrogens with zero attached hydrogens (tertiary/aromatic N) is 2. The SMILES string of the molecule is Cc1cc(CC(N)CC(C)CC(C)(C)C)n(C)n1. The first-order valence-corrected chi connectivity index (χ1v) is 6.92. The normalized spacial score (nSPS) is 15.7. The summed E-state index contributed by atoms with van der Waals surface area (Å²) in [6, 6.07) is 2.37. The number of hydrogen-bond donors (Lipinski definition) is 1. The minimum absolute atomic E-state index is 0.233. The van der Waals surface area contributed by atoms with Crippen LogP contribution in [0.15, 0.2) is 6.07 Å². The lowest BCUT2D eigenvalue weighted by molar-refractivity contribution is 0.284. The molecule has 1 aromatic heterocycles. The molecule has 0 aromatic carbocycles. The van der Waals surface area contributed by atoms with E-state index >= 15 is 0 Å². The zero-order valence-corrected chi connectivity index (χ0v) is 12.8. The highest BCUT2D eigenvalue weighted by Gasteiger charge is 2.18. The van der Waals surface area contributed by atoms with Crippen LogP contribution in [0.2, 0.25) is 0 Å². The minimum Gasteiger partial charge on any atom is -0.327 e. The fourth-order valence-corrected chi connectivity index (χ4v) is 2.85. The average molecular weight is 251 g/mol. The monoisotopic (exact) mass is 251 g/mol. The van der Waals surface area contributed by atoms with Gasteiger partial charge >= 0.3 is 0 Å². The van der Waals surface area contributed by atoms with Gasteiger partial charge in [0.15, 0.2) is 0 Å². The first-order valence-electron chi connectivity index (χ1n) is 6.92. The molecular weight excluding hydrogens is 222 g/mol. The van der Waals surface area contributed by atoms with Crippen LogP contribution in [0.1, 0.15) is 51.9 Å². The van der Waals surface area contributed by atoms with Crippen molar-refractivity contribution in [1.29, 1.82) is 0 Å². The van der Waals surface area contributed by atoms with E-state index in [2.05, 4.69) is 38.9 Å². The van der Waals surface area contributed by atoms with Crippen LogP contribution in [0, 0.1) is 18.3 Å². The molecule has 1 aromatic rings. The summed E-state index contributed by atoms with van der Waals surface area (Å²) < 4.78 is 1.95. The van der Waals surface area contributed by atoms with Gasteiger partial charge in [-0.3, -0.25) is 4.68 Å². The van der Waals surface area contributed by atoms with Crippen LogP contribution in [0.4, 0.5) is 0 Å². The van der Waals surface area contributed by atoms with Crippen molar-refractivity contribution >= 4 is 0 Å². The Labute approximate surface area is 112 Å². The summed E-state index contributed by atoms with van der Waals surface area (Å²) >= 11 is 0. The summed E-state index contributed by atoms with van der Waals surface area (Å²) in [5.74, 6) is 0.675. The molecular formula is C15H29N3. The molecule has 1 rings (SSSR count). The van der Waals surface area contributed by atoms with E-state index in [9.17, 15) is 0 Å². The molecule has 2 atom stereocenters. The maximum absolute atomic E-state index is 6.26. The van der Waals surface area contributed by atoms with Crippen molar-refractivity contribution in [1.82, 2.24) is 9.78 Å². The molecule has 0 bridgehead atoms. The molecule has 0 saturated heterocycles. The molecule has 3 nitrogen and oxygen atoms in total. The first kappa shape index (κ1) is 15.2. The third-order valence-electron chi connectivity index (χ3n) is 3.24. The van der Waals surface area contributed by atoms with Gasteiger partial charge in [-0.05, 0) is 37.2 Å². The molecule has 0 aliphatic rings. The minimum atomic E-state index is 0.233. The molecule has 3 heteroatoms. The molecule has 0 saturated carbocycles. The molecule has 2 unspecified atom stereocenters. The third-order valence-corrected chi connectivity index (χ3v) is 3.24. The van der Waals surface area contributed by atoms with Crippen molar-refractivity contribution in [2.45, 2.75) is 59.9 Å². The summed E-state index contributed by atoms with van der Waals surface area (Å²) in [5, 5.41) is 4.36. The van der Waals surface area contributed by atoms with E-state index in [1.54, 1.807) is 0 Å². The number of rotatable bonds is 5. The van der Waals surface area contributed by atoms with E-state index in [-0.39, 0.29) is 6.04 Å². The van der Waals surface area contributed by atoms with Gasteiger partial charge in [0.2, 0.25) is 0 Å². The van der Waals surface area contributed by atoms with Crippen molar-refractivity contribution in [3.63, 3.8) is 0 Å². The number of nitrogens with two attached hydrogens (primary N) is 1. The summed E-state index contributed by atoms with van der Waals surface area (Å²) in [5.41, 5.74) is 8.96. The highest BCUT2D eigenvalue weighted by atomic mass is 15.3. The lowest BCUT2D eigenvalue weighted by atomic mass is 9.82. The molecule has 0 fully saturated rings. The highest BCUT2D eigenvalue weighted by molar-refractivity contribution is 5.09. The average Bonchev–Trinajstić information content (AvgIpc) is 2.40. The molecule has 0 amide bonds. The predicted octanol–water partition coefficient (Wildman–Crippen LogP) is 3.06. The number of aromatic nitrogens is 2. The molecule has 0 radical (unpaired) electrons. The highest BCUT2D eigenvalue weighted by Crippen LogP contribution is 2.26. The first-order chi connectivity index (χ1) is 8.17. The molecule has 0 aliphatic carbocycles. The van der Waals surface area contributed by atoms with E-state index in [0.29, 0.717) is 11.3 Å². The standard InChI is InChI=1S/C15H29N3/c1-11(10-15(3,4)5)7-13(16)9-14-8-12(2)17-18(14)6/h8,11,13H,7,9-10,16H2,1-6H3. The largest absolute Gasteiger partial charge is 0.327 e. The quantitative estimate of drug-likeness (QED) is 0.874. The molecule has 104 valence electrons. The van der Waals surface area contributed by atoms with Crippen LogP contribution in [0.5, 0.6) is 0 Å². The van der Waals surface area contributed by atoms with Crippen LogP contribution >= 0.6 is 0 Å². The topological polar surface area (TPSA) is 43.8 Å². The van der Waals surface area contributed by atoms with Crippen molar-refractivity contribution in [3.05, 3.63) is 17.5 Å². The smallest absolute Gasteiger partial charge is 0.0596 e. The Bertz CT molecular complexity index is 374. The second-order valence-electron chi connectivity index (χ2n) is 6.97. The Morgan fingerprint density at radius 2 is 2.00 bits per heavy atom. The van der Waals surface area contributed by atoms with Crippen LogP contribution in [-0.4, -0.2) is 15.8 Å². The Morgan fingerprint density at radius 3 is 2.44 bits per heavy atom. The summed E-state index contributed by atoms with van der Waals surface area (Å²) in [6.07, 6.45) is 3.23. The van der Waals surface area contributed by atoms with E-state index < -0.39 is 0 Å². The third kappa shape index (κ3) is 5.21.